The molecule has 4 aromatic rings. The Kier molecular flexibility index (Phi) is 13.2. The van der Waals surface area contributed by atoms with Crippen molar-refractivity contribution in [1.82, 2.24) is 20.0 Å². The standard InChI is InChI=1S/C16H13F4N3O.C13H11BrF3NO.C3H3FN2/c1-15(2,23-7-6-14(17)22-23)13(24)9-10-4-5-12(21-3)11(8-10)16(18,19)20;1-12(2,14)11(19)7-8-4-5-10(18-3)9(6-8)13(15,16)17;4-3-1-2-5-6-3/h4-8H,9H2,1-2H3;4-6H,7H2,1-2H3;1-2H,(H,5,6). The van der Waals surface area contributed by atoms with Crippen molar-refractivity contribution in [3.63, 3.8) is 0 Å². The van der Waals surface area contributed by atoms with Gasteiger partial charge in [0.05, 0.1) is 34.8 Å². The highest BCUT2D eigenvalue weighted by Crippen LogP contribution is 2.38. The second-order valence-corrected chi connectivity index (χ2v) is 13.1. The highest BCUT2D eigenvalue weighted by Gasteiger charge is 2.36. The number of aromatic amines is 1. The lowest BCUT2D eigenvalue weighted by Gasteiger charge is -2.24. The van der Waals surface area contributed by atoms with Crippen molar-refractivity contribution in [2.75, 3.05) is 0 Å². The van der Waals surface area contributed by atoms with Crippen molar-refractivity contribution in [3.05, 3.63) is 118 Å². The normalized spacial score (nSPS) is 11.7. The Morgan fingerprint density at radius 1 is 0.796 bits per heavy atom. The first-order valence-corrected chi connectivity index (χ1v) is 14.6. The highest BCUT2D eigenvalue weighted by molar-refractivity contribution is 9.10. The van der Waals surface area contributed by atoms with E-state index in [1.54, 1.807) is 13.8 Å². The molecule has 0 saturated carbocycles. The summed E-state index contributed by atoms with van der Waals surface area (Å²) in [7, 11) is 0. The van der Waals surface area contributed by atoms with Crippen LogP contribution in [0.25, 0.3) is 9.69 Å². The van der Waals surface area contributed by atoms with E-state index in [9.17, 15) is 44.7 Å². The predicted octanol–water partition coefficient (Wildman–Crippen LogP) is 9.23. The van der Waals surface area contributed by atoms with Gasteiger partial charge in [0.2, 0.25) is 11.9 Å². The highest BCUT2D eigenvalue weighted by atomic mass is 79.9. The zero-order valence-electron chi connectivity index (χ0n) is 26.1. The van der Waals surface area contributed by atoms with Crippen LogP contribution < -0.4 is 0 Å². The topological polar surface area (TPSA) is 89.4 Å². The molecule has 0 radical (unpaired) electrons. The van der Waals surface area contributed by atoms with Crippen molar-refractivity contribution < 1.29 is 44.7 Å². The smallest absolute Gasteiger partial charge is 0.298 e. The fourth-order valence-corrected chi connectivity index (χ4v) is 3.95. The molecule has 0 amide bonds. The zero-order valence-corrected chi connectivity index (χ0v) is 27.7. The molecule has 0 atom stereocenters. The average molecular weight is 759 g/mol. The van der Waals surface area contributed by atoms with Gasteiger partial charge in [0.25, 0.3) is 0 Å². The SMILES string of the molecule is Fc1ccn[nH]1.[C-]#[N+]c1ccc(CC(=O)C(C)(C)Br)cc1C(F)(F)F.[C-]#[N+]c1ccc(CC(=O)C(C)(C)n2ccc(F)n2)cc1C(F)(F)F. The van der Waals surface area contributed by atoms with E-state index >= 15 is 0 Å². The Morgan fingerprint density at radius 3 is 1.57 bits per heavy atom. The summed E-state index contributed by atoms with van der Waals surface area (Å²) in [6.45, 7) is 19.8. The van der Waals surface area contributed by atoms with Gasteiger partial charge in [-0.2, -0.15) is 40.2 Å². The molecule has 2 aromatic carbocycles. The van der Waals surface area contributed by atoms with E-state index in [1.165, 1.54) is 44.4 Å². The molecule has 0 aliphatic carbocycles. The minimum Gasteiger partial charge on any atom is -0.298 e. The van der Waals surface area contributed by atoms with Crippen LogP contribution in [0.5, 0.6) is 0 Å². The number of carbonyl (C=O) groups excluding carboxylic acids is 2. The molecule has 0 bridgehead atoms. The molecule has 0 unspecified atom stereocenters. The van der Waals surface area contributed by atoms with Crippen LogP contribution in [-0.2, 0) is 40.3 Å². The largest absolute Gasteiger partial charge is 0.407 e. The summed E-state index contributed by atoms with van der Waals surface area (Å²) in [5.74, 6) is -1.81. The summed E-state index contributed by atoms with van der Waals surface area (Å²) in [5.41, 5.74) is -3.90. The molecule has 1 N–H and O–H groups in total. The first-order chi connectivity index (χ1) is 22.5. The second-order valence-electron chi connectivity index (χ2n) is 11.1. The van der Waals surface area contributed by atoms with E-state index in [0.29, 0.717) is 0 Å². The van der Waals surface area contributed by atoms with Crippen molar-refractivity contribution in [2.45, 2.75) is 62.8 Å². The van der Waals surface area contributed by atoms with Gasteiger partial charge >= 0.3 is 12.4 Å². The molecule has 2 heterocycles. The van der Waals surface area contributed by atoms with Gasteiger partial charge in [-0.3, -0.25) is 19.4 Å². The number of alkyl halides is 7. The number of benzene rings is 2. The van der Waals surface area contributed by atoms with Crippen LogP contribution in [0.1, 0.15) is 49.9 Å². The average Bonchev–Trinajstić information content (AvgIpc) is 3.67. The second kappa shape index (κ2) is 16.0. The number of ketones is 2. The molecule has 4 rings (SSSR count). The Balaban J connectivity index is 0.000000295. The Hall–Kier alpha value is -4.90. The number of halogens is 9. The summed E-state index contributed by atoms with van der Waals surface area (Å²) in [6, 6.07) is 8.81. The number of nitrogens with zero attached hydrogens (tertiary/aromatic N) is 5. The van der Waals surface area contributed by atoms with Gasteiger partial charge in [-0.25, -0.2) is 9.69 Å². The maximum atomic E-state index is 13.0. The molecule has 0 saturated heterocycles. The molecule has 2 aromatic heterocycles. The van der Waals surface area contributed by atoms with Gasteiger partial charge in [-0.15, -0.1) is 5.10 Å². The van der Waals surface area contributed by atoms with Crippen molar-refractivity contribution in [1.29, 1.82) is 0 Å². The number of rotatable bonds is 7. The number of Topliss-reactive ketones (excluding diaryl/α,β-unsaturated/α-hetero) is 2. The monoisotopic (exact) mass is 758 g/mol. The van der Waals surface area contributed by atoms with Gasteiger partial charge in [-0.1, -0.05) is 52.3 Å². The van der Waals surface area contributed by atoms with E-state index < -0.39 is 62.4 Å². The lowest BCUT2D eigenvalue weighted by Crippen LogP contribution is -2.37. The van der Waals surface area contributed by atoms with Crippen LogP contribution in [0, 0.1) is 25.0 Å². The summed E-state index contributed by atoms with van der Waals surface area (Å²) in [5, 5.41) is 8.94. The summed E-state index contributed by atoms with van der Waals surface area (Å²) in [4.78, 5) is 29.9. The zero-order chi connectivity index (χ0) is 37.4. The number of aromatic nitrogens is 4. The Morgan fingerprint density at radius 2 is 1.27 bits per heavy atom. The van der Waals surface area contributed by atoms with Crippen LogP contribution in [0.15, 0.2) is 60.9 Å². The summed E-state index contributed by atoms with van der Waals surface area (Å²) < 4.78 is 102. The van der Waals surface area contributed by atoms with Gasteiger partial charge in [0.15, 0.2) is 22.9 Å². The fraction of sp³-hybridized carbons (Fsp3) is 0.312. The van der Waals surface area contributed by atoms with Gasteiger partial charge in [0.1, 0.15) is 5.54 Å². The molecule has 0 spiro atoms. The molecular weight excluding hydrogens is 732 g/mol. The number of nitrogens with one attached hydrogen (secondary N) is 1. The number of hydrogen-bond acceptors (Lipinski definition) is 4. The minimum atomic E-state index is -4.68. The minimum absolute atomic E-state index is 0.111. The van der Waals surface area contributed by atoms with E-state index in [1.807, 2.05) is 0 Å². The van der Waals surface area contributed by atoms with Crippen molar-refractivity contribution in [3.8, 4) is 0 Å². The van der Waals surface area contributed by atoms with Crippen LogP contribution >= 0.6 is 15.9 Å². The lowest BCUT2D eigenvalue weighted by atomic mass is 9.93. The Bertz CT molecular complexity index is 1850. The maximum absolute atomic E-state index is 13.0. The third-order valence-electron chi connectivity index (χ3n) is 6.64. The van der Waals surface area contributed by atoms with Crippen LogP contribution in [0.4, 0.5) is 46.5 Å². The van der Waals surface area contributed by atoms with Gasteiger partial charge in [-0.05, 0) is 38.8 Å². The predicted molar refractivity (Wildman–Crippen MR) is 166 cm³/mol. The lowest BCUT2D eigenvalue weighted by molar-refractivity contribution is -0.137. The van der Waals surface area contributed by atoms with E-state index in [-0.39, 0.29) is 29.8 Å². The first kappa shape index (κ1) is 40.3. The molecule has 49 heavy (non-hydrogen) atoms. The molecule has 260 valence electrons. The number of hydrogen-bond donors (Lipinski definition) is 1. The quantitative estimate of drug-likeness (QED) is 0.116. The van der Waals surface area contributed by atoms with Gasteiger partial charge in [0, 0.05) is 31.2 Å². The van der Waals surface area contributed by atoms with Crippen LogP contribution in [0.3, 0.4) is 0 Å². The fourth-order valence-electron chi connectivity index (χ4n) is 3.81. The van der Waals surface area contributed by atoms with Crippen LogP contribution in [-0.4, -0.2) is 35.9 Å². The Labute approximate surface area is 283 Å². The summed E-state index contributed by atoms with van der Waals surface area (Å²) >= 11 is 3.17. The molecule has 0 fully saturated rings. The third kappa shape index (κ3) is 11.6. The summed E-state index contributed by atoms with van der Waals surface area (Å²) in [6.07, 6.45) is -7.04. The maximum Gasteiger partial charge on any atom is 0.407 e. The molecule has 0 aliphatic rings. The van der Waals surface area contributed by atoms with E-state index in [2.05, 4.69) is 40.9 Å². The molecule has 8 nitrogen and oxygen atoms in total. The van der Waals surface area contributed by atoms with Crippen LogP contribution in [0.2, 0.25) is 0 Å². The van der Waals surface area contributed by atoms with Crippen molar-refractivity contribution in [2.24, 2.45) is 0 Å². The van der Waals surface area contributed by atoms with E-state index in [4.69, 9.17) is 13.1 Å². The third-order valence-corrected chi connectivity index (χ3v) is 7.09. The first-order valence-electron chi connectivity index (χ1n) is 13.8. The van der Waals surface area contributed by atoms with Gasteiger partial charge < -0.3 is 0 Å². The molecule has 0 aliphatic heterocycles. The van der Waals surface area contributed by atoms with E-state index in [0.717, 1.165) is 35.0 Å². The van der Waals surface area contributed by atoms with Crippen molar-refractivity contribution >= 4 is 38.9 Å². The number of carbonyl (C=O) groups is 2. The number of H-pyrrole nitrogens is 1. The molecule has 17 heteroatoms. The molecular formula is C32H27BrF8N6O2.